The molecule has 0 bridgehead atoms. The highest BCUT2D eigenvalue weighted by atomic mass is 35.5. The zero-order valence-corrected chi connectivity index (χ0v) is 12.1. The number of ether oxygens (including phenoxy) is 1. The third-order valence-corrected chi connectivity index (χ3v) is 3.66. The molecule has 0 aliphatic rings. The van der Waals surface area contributed by atoms with Gasteiger partial charge in [0.1, 0.15) is 6.10 Å². The maximum absolute atomic E-state index is 10.8. The highest BCUT2D eigenvalue weighted by molar-refractivity contribution is 7.83. The van der Waals surface area contributed by atoms with E-state index in [1.54, 1.807) is 18.2 Å². The van der Waals surface area contributed by atoms with E-state index in [2.05, 4.69) is 0 Å². The molecule has 0 amide bonds. The number of nitrogens with one attached hydrogen (secondary N) is 1. The molecule has 1 rings (SSSR count). The second-order valence-electron chi connectivity index (χ2n) is 3.67. The van der Waals surface area contributed by atoms with E-state index < -0.39 is 22.4 Å². The summed E-state index contributed by atoms with van der Waals surface area (Å²) in [5.41, 5.74) is 0.465. The Bertz CT molecular complexity index is 500. The Morgan fingerprint density at radius 1 is 1.33 bits per heavy atom. The average Bonchev–Trinajstić information content (AvgIpc) is 2.20. The summed E-state index contributed by atoms with van der Waals surface area (Å²) < 4.78 is 37.5. The fraction of sp³-hybridized carbons (Fsp3) is 0.400. The van der Waals surface area contributed by atoms with Crippen LogP contribution in [0.25, 0.3) is 0 Å². The third kappa shape index (κ3) is 4.08. The molecule has 0 radical (unpaired) electrons. The van der Waals surface area contributed by atoms with Gasteiger partial charge in [0.25, 0.3) is 0 Å². The van der Waals surface area contributed by atoms with Gasteiger partial charge in [0.05, 0.1) is 6.04 Å². The van der Waals surface area contributed by atoms with Crippen molar-refractivity contribution in [3.63, 3.8) is 0 Å². The van der Waals surface area contributed by atoms with Gasteiger partial charge in [0.2, 0.25) is 0 Å². The smallest absolute Gasteiger partial charge is 0.333 e. The van der Waals surface area contributed by atoms with Gasteiger partial charge in [-0.15, -0.1) is 0 Å². The molecule has 5 nitrogen and oxygen atoms in total. The van der Waals surface area contributed by atoms with Gasteiger partial charge >= 0.3 is 10.3 Å². The standard InChI is InChI=1S/C10H13Cl2NO4S/c1-6(13-18(14,15)16)10(17-2)9-7(11)4-3-5-8(9)12/h3-6,10,13H,1-2H3,(H,14,15,16)/t6-,10+/m1/s1. The average molecular weight is 314 g/mol. The monoisotopic (exact) mass is 313 g/mol. The fourth-order valence-electron chi connectivity index (χ4n) is 1.65. The Kier molecular flexibility index (Phi) is 5.39. The number of halogens is 2. The van der Waals surface area contributed by atoms with Crippen LogP contribution in [0.5, 0.6) is 0 Å². The highest BCUT2D eigenvalue weighted by Crippen LogP contribution is 2.33. The molecule has 0 aliphatic heterocycles. The van der Waals surface area contributed by atoms with Crippen molar-refractivity contribution in [3.8, 4) is 0 Å². The lowest BCUT2D eigenvalue weighted by Crippen LogP contribution is -2.37. The van der Waals surface area contributed by atoms with Crippen molar-refractivity contribution in [2.75, 3.05) is 7.11 Å². The van der Waals surface area contributed by atoms with Crippen molar-refractivity contribution < 1.29 is 17.7 Å². The molecular weight excluding hydrogens is 301 g/mol. The molecular formula is C10H13Cl2NO4S. The summed E-state index contributed by atoms with van der Waals surface area (Å²) in [6.07, 6.45) is -0.715. The second-order valence-corrected chi connectivity index (χ2v) is 5.67. The minimum atomic E-state index is -4.33. The van der Waals surface area contributed by atoms with E-state index in [9.17, 15) is 8.42 Å². The lowest BCUT2D eigenvalue weighted by atomic mass is 10.0. The minimum absolute atomic E-state index is 0.360. The van der Waals surface area contributed by atoms with Crippen LogP contribution in [0.15, 0.2) is 18.2 Å². The predicted molar refractivity (Wildman–Crippen MR) is 70.4 cm³/mol. The number of rotatable bonds is 5. The number of benzene rings is 1. The molecule has 0 saturated carbocycles. The summed E-state index contributed by atoms with van der Waals surface area (Å²) in [7, 11) is -2.93. The zero-order valence-electron chi connectivity index (χ0n) is 9.72. The van der Waals surface area contributed by atoms with Crippen LogP contribution in [-0.2, 0) is 15.0 Å². The maximum Gasteiger partial charge on any atom is 0.333 e. The van der Waals surface area contributed by atoms with Crippen molar-refractivity contribution in [1.82, 2.24) is 4.72 Å². The molecule has 2 atom stereocenters. The van der Waals surface area contributed by atoms with Gasteiger partial charge in [-0.05, 0) is 19.1 Å². The van der Waals surface area contributed by atoms with Crippen LogP contribution in [0, 0.1) is 0 Å². The summed E-state index contributed by atoms with van der Waals surface area (Å²) in [6, 6.07) is 4.17. The lowest BCUT2D eigenvalue weighted by molar-refractivity contribution is 0.0799. The predicted octanol–water partition coefficient (Wildman–Crippen LogP) is 2.46. The molecule has 0 saturated heterocycles. The Labute approximate surface area is 116 Å². The van der Waals surface area contributed by atoms with Crippen molar-refractivity contribution >= 4 is 33.5 Å². The fourth-order valence-corrected chi connectivity index (χ4v) is 2.86. The minimum Gasteiger partial charge on any atom is -0.375 e. The van der Waals surface area contributed by atoms with Crippen LogP contribution in [0.3, 0.4) is 0 Å². The molecule has 8 heteroatoms. The van der Waals surface area contributed by atoms with E-state index in [0.29, 0.717) is 15.6 Å². The van der Waals surface area contributed by atoms with Crippen LogP contribution >= 0.6 is 23.2 Å². The van der Waals surface area contributed by atoms with Crippen molar-refractivity contribution in [1.29, 1.82) is 0 Å². The third-order valence-electron chi connectivity index (χ3n) is 2.33. The Morgan fingerprint density at radius 2 is 1.83 bits per heavy atom. The van der Waals surface area contributed by atoms with Gasteiger partial charge in [-0.3, -0.25) is 4.55 Å². The molecule has 18 heavy (non-hydrogen) atoms. The number of methoxy groups -OCH3 is 1. The first-order valence-electron chi connectivity index (χ1n) is 4.97. The molecule has 1 aromatic carbocycles. The SMILES string of the molecule is CO[C@H](c1c(Cl)cccc1Cl)[C@@H](C)NS(=O)(=O)O. The van der Waals surface area contributed by atoms with Crippen molar-refractivity contribution in [3.05, 3.63) is 33.8 Å². The molecule has 0 heterocycles. The van der Waals surface area contributed by atoms with Crippen LogP contribution in [0.1, 0.15) is 18.6 Å². The number of hydrogen-bond acceptors (Lipinski definition) is 3. The number of hydrogen-bond donors (Lipinski definition) is 2. The van der Waals surface area contributed by atoms with Crippen LogP contribution < -0.4 is 4.72 Å². The molecule has 2 N–H and O–H groups in total. The van der Waals surface area contributed by atoms with Gasteiger partial charge in [0.15, 0.2) is 0 Å². The summed E-state index contributed by atoms with van der Waals surface area (Å²) in [4.78, 5) is 0. The largest absolute Gasteiger partial charge is 0.375 e. The van der Waals surface area contributed by atoms with Crippen LogP contribution in [0.4, 0.5) is 0 Å². The highest BCUT2D eigenvalue weighted by Gasteiger charge is 2.26. The molecule has 1 aromatic rings. The van der Waals surface area contributed by atoms with Crippen molar-refractivity contribution in [2.45, 2.75) is 19.1 Å². The first-order chi connectivity index (χ1) is 8.26. The first-order valence-corrected chi connectivity index (χ1v) is 7.17. The van der Waals surface area contributed by atoms with Gasteiger partial charge in [-0.2, -0.15) is 13.1 Å². The van der Waals surface area contributed by atoms with E-state index in [1.165, 1.54) is 14.0 Å². The molecule has 102 valence electrons. The quantitative estimate of drug-likeness (QED) is 0.819. The summed E-state index contributed by atoms with van der Waals surface area (Å²) in [5, 5.41) is 0.719. The van der Waals surface area contributed by atoms with Gasteiger partial charge in [0, 0.05) is 22.7 Å². The van der Waals surface area contributed by atoms with E-state index in [-0.39, 0.29) is 0 Å². The molecule has 0 spiro atoms. The Morgan fingerprint density at radius 3 is 2.22 bits per heavy atom. The van der Waals surface area contributed by atoms with Crippen LogP contribution in [0.2, 0.25) is 10.0 Å². The van der Waals surface area contributed by atoms with E-state index in [4.69, 9.17) is 32.5 Å². The van der Waals surface area contributed by atoms with Gasteiger partial charge in [-0.25, -0.2) is 0 Å². The summed E-state index contributed by atoms with van der Waals surface area (Å²) >= 11 is 12.0. The lowest BCUT2D eigenvalue weighted by Gasteiger charge is -2.24. The van der Waals surface area contributed by atoms with Gasteiger partial charge in [-0.1, -0.05) is 29.3 Å². The van der Waals surface area contributed by atoms with E-state index in [1.807, 2.05) is 4.72 Å². The summed E-state index contributed by atoms with van der Waals surface area (Å²) in [5.74, 6) is 0. The Balaban J connectivity index is 3.10. The van der Waals surface area contributed by atoms with Crippen molar-refractivity contribution in [2.24, 2.45) is 0 Å². The van der Waals surface area contributed by atoms with E-state index in [0.717, 1.165) is 0 Å². The maximum atomic E-state index is 10.8. The normalized spacial score (nSPS) is 15.4. The molecule has 0 aromatic heterocycles. The first kappa shape index (κ1) is 15.7. The second kappa shape index (κ2) is 6.18. The Hall–Kier alpha value is -0.370. The molecule has 0 unspecified atom stereocenters. The molecule has 0 fully saturated rings. The van der Waals surface area contributed by atoms with Gasteiger partial charge < -0.3 is 4.74 Å². The van der Waals surface area contributed by atoms with Crippen LogP contribution in [-0.4, -0.2) is 26.1 Å². The van der Waals surface area contributed by atoms with E-state index >= 15 is 0 Å². The summed E-state index contributed by atoms with van der Waals surface area (Å²) in [6.45, 7) is 1.53. The zero-order chi connectivity index (χ0) is 13.9. The topological polar surface area (TPSA) is 75.6 Å². The molecule has 0 aliphatic carbocycles.